The minimum Gasteiger partial charge on any atom is -0.337 e. The molecular weight excluding hydrogens is 232 g/mol. The molecule has 1 aliphatic heterocycles. The molecule has 0 aliphatic carbocycles. The van der Waals surface area contributed by atoms with Gasteiger partial charge in [-0.1, -0.05) is 6.07 Å². The van der Waals surface area contributed by atoms with E-state index < -0.39 is 23.1 Å². The van der Waals surface area contributed by atoms with Crippen LogP contribution in [0.1, 0.15) is 10.4 Å². The lowest BCUT2D eigenvalue weighted by Gasteiger charge is -2.26. The van der Waals surface area contributed by atoms with Gasteiger partial charge in [-0.2, -0.15) is 11.8 Å². The second kappa shape index (κ2) is 4.82. The van der Waals surface area contributed by atoms with Crippen molar-refractivity contribution >= 4 is 17.7 Å². The second-order valence-electron chi connectivity index (χ2n) is 3.50. The smallest absolute Gasteiger partial charge is 0.259 e. The lowest BCUT2D eigenvalue weighted by Crippen LogP contribution is -2.38. The minimum absolute atomic E-state index is 0.436. The first kappa shape index (κ1) is 11.4. The van der Waals surface area contributed by atoms with Crippen LogP contribution in [0.15, 0.2) is 18.2 Å². The van der Waals surface area contributed by atoms with E-state index >= 15 is 0 Å². The zero-order valence-electron chi connectivity index (χ0n) is 8.58. The zero-order valence-corrected chi connectivity index (χ0v) is 9.40. The maximum atomic E-state index is 13.4. The van der Waals surface area contributed by atoms with Crippen molar-refractivity contribution in [1.29, 1.82) is 0 Å². The van der Waals surface area contributed by atoms with Crippen LogP contribution in [-0.2, 0) is 0 Å². The highest BCUT2D eigenvalue weighted by molar-refractivity contribution is 7.99. The number of amides is 1. The molecule has 2 nitrogen and oxygen atoms in total. The van der Waals surface area contributed by atoms with Crippen LogP contribution < -0.4 is 0 Å². The lowest BCUT2D eigenvalue weighted by atomic mass is 10.1. The van der Waals surface area contributed by atoms with Crippen LogP contribution in [0.25, 0.3) is 0 Å². The second-order valence-corrected chi connectivity index (χ2v) is 4.73. The molecule has 1 saturated heterocycles. The summed E-state index contributed by atoms with van der Waals surface area (Å²) in [4.78, 5) is 13.4. The number of thioether (sulfide) groups is 1. The predicted molar refractivity (Wildman–Crippen MR) is 59.6 cm³/mol. The van der Waals surface area contributed by atoms with Crippen molar-refractivity contribution in [1.82, 2.24) is 4.90 Å². The fraction of sp³-hybridized carbons (Fsp3) is 0.364. The molecule has 5 heteroatoms. The monoisotopic (exact) mass is 243 g/mol. The summed E-state index contributed by atoms with van der Waals surface area (Å²) in [6.45, 7) is 1.11. The van der Waals surface area contributed by atoms with Crippen LogP contribution in [-0.4, -0.2) is 35.4 Å². The Morgan fingerprint density at radius 1 is 1.19 bits per heavy atom. The van der Waals surface area contributed by atoms with E-state index in [4.69, 9.17) is 0 Å². The molecule has 0 spiro atoms. The summed E-state index contributed by atoms with van der Waals surface area (Å²) >= 11 is 1.74. The third-order valence-corrected chi connectivity index (χ3v) is 3.42. The van der Waals surface area contributed by atoms with Crippen molar-refractivity contribution < 1.29 is 13.6 Å². The number of carbonyl (C=O) groups excluding carboxylic acids is 1. The molecular formula is C11H11F2NOS. The number of halogens is 2. The van der Waals surface area contributed by atoms with Crippen molar-refractivity contribution in [3.05, 3.63) is 35.4 Å². The fourth-order valence-electron chi connectivity index (χ4n) is 1.63. The molecule has 0 saturated carbocycles. The van der Waals surface area contributed by atoms with Gasteiger partial charge in [-0.15, -0.1) is 0 Å². The Morgan fingerprint density at radius 3 is 2.31 bits per heavy atom. The van der Waals surface area contributed by atoms with Gasteiger partial charge in [0.05, 0.1) is 0 Å². The van der Waals surface area contributed by atoms with Gasteiger partial charge in [0.25, 0.3) is 5.91 Å². The maximum absolute atomic E-state index is 13.4. The van der Waals surface area contributed by atoms with E-state index in [9.17, 15) is 13.6 Å². The van der Waals surface area contributed by atoms with Crippen LogP contribution in [0.5, 0.6) is 0 Å². The van der Waals surface area contributed by atoms with Gasteiger partial charge < -0.3 is 4.90 Å². The Morgan fingerprint density at radius 2 is 1.75 bits per heavy atom. The highest BCUT2D eigenvalue weighted by atomic mass is 32.2. The van der Waals surface area contributed by atoms with Crippen LogP contribution in [0.4, 0.5) is 8.78 Å². The Hall–Kier alpha value is -1.10. The first-order valence-corrected chi connectivity index (χ1v) is 6.16. The molecule has 0 radical (unpaired) electrons. The number of benzene rings is 1. The topological polar surface area (TPSA) is 20.3 Å². The number of rotatable bonds is 1. The van der Waals surface area contributed by atoms with E-state index in [-0.39, 0.29) is 0 Å². The van der Waals surface area contributed by atoms with E-state index in [2.05, 4.69) is 0 Å². The van der Waals surface area contributed by atoms with Crippen LogP contribution in [0.2, 0.25) is 0 Å². The van der Waals surface area contributed by atoms with Gasteiger partial charge in [-0.05, 0) is 12.1 Å². The number of hydrogen-bond donors (Lipinski definition) is 0. The molecule has 1 fully saturated rings. The summed E-state index contributed by atoms with van der Waals surface area (Å²) in [6.07, 6.45) is 0. The standard InChI is InChI=1S/C11H11F2NOS/c12-8-2-1-3-9(13)10(8)11(15)14-4-6-16-7-5-14/h1-3H,4-7H2. The molecule has 0 unspecified atom stereocenters. The van der Waals surface area contributed by atoms with E-state index in [1.807, 2.05) is 0 Å². The molecule has 0 N–H and O–H groups in total. The summed E-state index contributed by atoms with van der Waals surface area (Å²) in [6, 6.07) is 3.47. The lowest BCUT2D eigenvalue weighted by molar-refractivity contribution is 0.0762. The van der Waals surface area contributed by atoms with Crippen LogP contribution in [0.3, 0.4) is 0 Å². The van der Waals surface area contributed by atoms with E-state index in [1.165, 1.54) is 11.0 Å². The van der Waals surface area contributed by atoms with Gasteiger partial charge >= 0.3 is 0 Å². The third kappa shape index (κ3) is 2.19. The van der Waals surface area contributed by atoms with E-state index in [0.29, 0.717) is 13.1 Å². The molecule has 86 valence electrons. The Bertz CT molecular complexity index is 385. The normalized spacial score (nSPS) is 16.2. The average Bonchev–Trinajstić information content (AvgIpc) is 2.30. The van der Waals surface area contributed by atoms with Gasteiger partial charge in [-0.25, -0.2) is 8.78 Å². The third-order valence-electron chi connectivity index (χ3n) is 2.47. The van der Waals surface area contributed by atoms with Crippen molar-refractivity contribution in [2.45, 2.75) is 0 Å². The van der Waals surface area contributed by atoms with Gasteiger partial charge in [0.2, 0.25) is 0 Å². The first-order valence-electron chi connectivity index (χ1n) is 5.01. The largest absolute Gasteiger partial charge is 0.337 e. The van der Waals surface area contributed by atoms with Crippen molar-refractivity contribution in [2.75, 3.05) is 24.6 Å². The molecule has 0 atom stereocenters. The number of hydrogen-bond acceptors (Lipinski definition) is 2. The fourth-order valence-corrected chi connectivity index (χ4v) is 2.53. The first-order chi connectivity index (χ1) is 7.70. The van der Waals surface area contributed by atoms with E-state index in [0.717, 1.165) is 23.6 Å². The minimum atomic E-state index is -0.789. The van der Waals surface area contributed by atoms with Gasteiger partial charge in [0.1, 0.15) is 17.2 Å². The molecule has 0 aromatic heterocycles. The van der Waals surface area contributed by atoms with Crippen molar-refractivity contribution in [3.8, 4) is 0 Å². The molecule has 0 bridgehead atoms. The van der Waals surface area contributed by atoms with Gasteiger partial charge in [0.15, 0.2) is 0 Å². The van der Waals surface area contributed by atoms with E-state index in [1.54, 1.807) is 11.8 Å². The molecule has 1 aliphatic rings. The maximum Gasteiger partial charge on any atom is 0.259 e. The average molecular weight is 243 g/mol. The predicted octanol–water partition coefficient (Wildman–Crippen LogP) is 2.15. The highest BCUT2D eigenvalue weighted by Crippen LogP contribution is 2.17. The quantitative estimate of drug-likeness (QED) is 0.753. The summed E-state index contributed by atoms with van der Waals surface area (Å²) in [5.74, 6) is -0.480. The Kier molecular flexibility index (Phi) is 3.43. The SMILES string of the molecule is O=C(c1c(F)cccc1F)N1CCSCC1. The van der Waals surface area contributed by atoms with Crippen molar-refractivity contribution in [2.24, 2.45) is 0 Å². The van der Waals surface area contributed by atoms with Gasteiger partial charge in [0, 0.05) is 24.6 Å². The van der Waals surface area contributed by atoms with Crippen LogP contribution >= 0.6 is 11.8 Å². The molecule has 16 heavy (non-hydrogen) atoms. The number of nitrogens with zero attached hydrogens (tertiary/aromatic N) is 1. The van der Waals surface area contributed by atoms with Crippen LogP contribution in [0, 0.1) is 11.6 Å². The summed E-state index contributed by atoms with van der Waals surface area (Å²) in [5, 5.41) is 0. The molecule has 1 aromatic carbocycles. The molecule has 1 aromatic rings. The van der Waals surface area contributed by atoms with Crippen molar-refractivity contribution in [3.63, 3.8) is 0 Å². The number of carbonyl (C=O) groups is 1. The zero-order chi connectivity index (χ0) is 11.5. The summed E-state index contributed by atoms with van der Waals surface area (Å²) in [5.41, 5.74) is -0.436. The Labute approximate surface area is 96.6 Å². The Balaban J connectivity index is 2.26. The summed E-state index contributed by atoms with van der Waals surface area (Å²) in [7, 11) is 0. The molecule has 2 rings (SSSR count). The van der Waals surface area contributed by atoms with Gasteiger partial charge in [-0.3, -0.25) is 4.79 Å². The molecule has 1 heterocycles. The highest BCUT2D eigenvalue weighted by Gasteiger charge is 2.24. The summed E-state index contributed by atoms with van der Waals surface area (Å²) < 4.78 is 26.7. The molecule has 1 amide bonds.